The molecule has 0 amide bonds. The first-order valence-electron chi connectivity index (χ1n) is 37.7. The van der Waals surface area contributed by atoms with Gasteiger partial charge in [-0.1, -0.05) is 297 Å². The van der Waals surface area contributed by atoms with Crippen molar-refractivity contribution in [2.24, 2.45) is 0 Å². The number of rotatable bonds is 4. The standard InChI is InChI=1S/C51H29N3O.C51H29N3S/c2*1-2-15-31-29-44-38(28-30(31)14-1)34-18-6-11-26-43(34)54(44)49-47(52-48-36-20-7-12-27-45(36)55-50(48)53-49)37-21-13-25-42-46(37)35-19-5-10-24-41(35)51(42)39-22-8-3-16-32(39)33-17-4-9-23-40(33)51/h2*1-29H. The van der Waals surface area contributed by atoms with E-state index in [0.717, 1.165) is 88.4 Å². The van der Waals surface area contributed by atoms with E-state index < -0.39 is 10.8 Å². The molecule has 0 atom stereocenters. The van der Waals surface area contributed by atoms with Crippen LogP contribution in [0.5, 0.6) is 0 Å². The van der Waals surface area contributed by atoms with Gasteiger partial charge in [0.1, 0.15) is 32.8 Å². The van der Waals surface area contributed by atoms with E-state index in [1.807, 2.05) is 18.2 Å². The average molecular weight is 1420 g/mol. The largest absolute Gasteiger partial charge is 0.436 e. The van der Waals surface area contributed by atoms with Crippen LogP contribution in [0.1, 0.15) is 44.5 Å². The third-order valence-corrected chi connectivity index (χ3v) is 25.5. The number of aromatic nitrogens is 6. The smallest absolute Gasteiger partial charge is 0.248 e. The molecular formula is C102H58N6OS. The van der Waals surface area contributed by atoms with Gasteiger partial charge >= 0.3 is 0 Å². The Balaban J connectivity index is 0.000000126. The minimum atomic E-state index is -0.471. The summed E-state index contributed by atoms with van der Waals surface area (Å²) in [6.07, 6.45) is 0. The summed E-state index contributed by atoms with van der Waals surface area (Å²) in [5.41, 5.74) is 30.8. The van der Waals surface area contributed by atoms with E-state index in [9.17, 15) is 0 Å². The van der Waals surface area contributed by atoms with Gasteiger partial charge in [-0.15, -0.1) is 11.3 Å². The van der Waals surface area contributed by atoms with E-state index in [-0.39, 0.29) is 0 Å². The lowest BCUT2D eigenvalue weighted by molar-refractivity contribution is 0.652. The van der Waals surface area contributed by atoms with Crippen molar-refractivity contribution in [3.8, 4) is 78.7 Å². The first-order chi connectivity index (χ1) is 54.6. The highest BCUT2D eigenvalue weighted by atomic mass is 32.1. The molecule has 0 N–H and O–H groups in total. The molecule has 22 aromatic rings. The molecule has 7 nitrogen and oxygen atoms in total. The Labute approximate surface area is 634 Å². The van der Waals surface area contributed by atoms with Crippen molar-refractivity contribution in [1.82, 2.24) is 29.1 Å². The van der Waals surface area contributed by atoms with Crippen LogP contribution in [0.3, 0.4) is 0 Å². The van der Waals surface area contributed by atoms with E-state index in [1.54, 1.807) is 11.3 Å². The van der Waals surface area contributed by atoms with E-state index in [0.29, 0.717) is 5.71 Å². The van der Waals surface area contributed by atoms with Crippen LogP contribution in [-0.4, -0.2) is 29.1 Å². The Morgan fingerprint density at radius 3 is 1.10 bits per heavy atom. The Kier molecular flexibility index (Phi) is 12.1. The third-order valence-electron chi connectivity index (χ3n) is 24.4. The van der Waals surface area contributed by atoms with Gasteiger partial charge in [-0.25, -0.2) is 15.0 Å². The van der Waals surface area contributed by atoms with Crippen molar-refractivity contribution in [2.45, 2.75) is 10.8 Å². The summed E-state index contributed by atoms with van der Waals surface area (Å²) in [6.45, 7) is 0. The molecule has 2 spiro atoms. The van der Waals surface area contributed by atoms with Crippen molar-refractivity contribution in [1.29, 1.82) is 0 Å². The molecule has 0 radical (unpaired) electrons. The topological polar surface area (TPSA) is 74.6 Å². The molecule has 0 aliphatic heterocycles. The summed E-state index contributed by atoms with van der Waals surface area (Å²) in [6, 6.07) is 128. The second-order valence-electron chi connectivity index (χ2n) is 29.7. The zero-order chi connectivity index (χ0) is 71.7. The maximum atomic E-state index is 6.49. The molecule has 4 aliphatic carbocycles. The average Bonchev–Trinajstić information content (AvgIpc) is 1.51. The number of furan rings is 1. The number of para-hydroxylation sites is 3. The number of hydrogen-bond donors (Lipinski definition) is 0. The lowest BCUT2D eigenvalue weighted by Crippen LogP contribution is -2.25. The first-order valence-corrected chi connectivity index (χ1v) is 38.5. The summed E-state index contributed by atoms with van der Waals surface area (Å²) in [5.74, 6) is 1.59. The highest BCUT2D eigenvalue weighted by Gasteiger charge is 2.54. The van der Waals surface area contributed by atoms with Crippen molar-refractivity contribution >= 4 is 119 Å². The first kappa shape index (κ1) is 60.0. The van der Waals surface area contributed by atoms with Crippen LogP contribution in [-0.2, 0) is 10.8 Å². The van der Waals surface area contributed by atoms with Crippen LogP contribution >= 0.6 is 11.3 Å². The molecule has 0 bridgehead atoms. The van der Waals surface area contributed by atoms with Gasteiger partial charge < -0.3 is 4.42 Å². The molecule has 0 fully saturated rings. The highest BCUT2D eigenvalue weighted by Crippen LogP contribution is 2.66. The van der Waals surface area contributed by atoms with Crippen LogP contribution in [0.15, 0.2) is 356 Å². The fourth-order valence-electron chi connectivity index (χ4n) is 20.1. The van der Waals surface area contributed by atoms with Gasteiger partial charge in [0.05, 0.1) is 32.9 Å². The minimum Gasteiger partial charge on any atom is -0.436 e. The molecule has 16 aromatic carbocycles. The predicted molar refractivity (Wildman–Crippen MR) is 451 cm³/mol. The van der Waals surface area contributed by atoms with Gasteiger partial charge in [0.2, 0.25) is 5.71 Å². The highest BCUT2D eigenvalue weighted by molar-refractivity contribution is 7.25. The van der Waals surface area contributed by atoms with Gasteiger partial charge in [-0.05, 0) is 165 Å². The Bertz CT molecular complexity index is 7290. The van der Waals surface area contributed by atoms with Gasteiger partial charge in [-0.2, -0.15) is 4.98 Å². The molecule has 8 heteroatoms. The normalized spacial score (nSPS) is 13.6. The summed E-state index contributed by atoms with van der Waals surface area (Å²) in [5, 5.41) is 11.7. The van der Waals surface area contributed by atoms with E-state index in [2.05, 4.69) is 343 Å². The number of benzene rings is 16. The molecule has 0 unspecified atom stereocenters. The zero-order valence-corrected chi connectivity index (χ0v) is 59.8. The second kappa shape index (κ2) is 22.2. The molecule has 0 saturated carbocycles. The van der Waals surface area contributed by atoms with Gasteiger partial charge in [0.25, 0.3) is 0 Å². The number of thiophene rings is 1. The molecule has 6 heterocycles. The van der Waals surface area contributed by atoms with Crippen LogP contribution in [0.2, 0.25) is 0 Å². The molecule has 6 aromatic heterocycles. The SMILES string of the molecule is c1ccc2c(c1)-c1ccccc1C21c2ccccc2-c2c(-c3nc4c(nc3-n3c5ccccc5c5cc6ccccc6cc53)oc3ccccc34)cccc21.c1ccc2c(c1)-c1ccccc1C21c2ccccc2-c2c(-c3nc4c(nc3-n3c5ccccc5c5cc6ccccc6cc53)sc3ccccc34)cccc21. The van der Waals surface area contributed by atoms with Gasteiger partial charge in [0, 0.05) is 48.1 Å². The zero-order valence-electron chi connectivity index (χ0n) is 59.0. The molecule has 110 heavy (non-hydrogen) atoms. The van der Waals surface area contributed by atoms with Crippen molar-refractivity contribution in [2.75, 3.05) is 0 Å². The van der Waals surface area contributed by atoms with Gasteiger partial charge in [-0.3, -0.25) is 9.13 Å². The van der Waals surface area contributed by atoms with Crippen LogP contribution in [0, 0.1) is 0 Å². The lowest BCUT2D eigenvalue weighted by atomic mass is 9.70. The van der Waals surface area contributed by atoms with Crippen molar-refractivity contribution in [3.63, 3.8) is 0 Å². The van der Waals surface area contributed by atoms with Crippen molar-refractivity contribution in [3.05, 3.63) is 396 Å². The number of fused-ring (bicyclic) bond motifs is 34. The van der Waals surface area contributed by atoms with Crippen molar-refractivity contribution < 1.29 is 4.42 Å². The lowest BCUT2D eigenvalue weighted by Gasteiger charge is -2.30. The Hall–Kier alpha value is -14.2. The summed E-state index contributed by atoms with van der Waals surface area (Å²) in [7, 11) is 0. The van der Waals surface area contributed by atoms with Gasteiger partial charge in [0.15, 0.2) is 11.6 Å². The number of nitrogens with zero attached hydrogens (tertiary/aromatic N) is 6. The minimum absolute atomic E-state index is 0.451. The van der Waals surface area contributed by atoms with E-state index in [1.165, 1.54) is 137 Å². The molecule has 26 rings (SSSR count). The van der Waals surface area contributed by atoms with E-state index in [4.69, 9.17) is 24.4 Å². The van der Waals surface area contributed by atoms with Crippen LogP contribution in [0.4, 0.5) is 0 Å². The summed E-state index contributed by atoms with van der Waals surface area (Å²) >= 11 is 1.72. The maximum absolute atomic E-state index is 6.49. The van der Waals surface area contributed by atoms with Crippen LogP contribution in [0.25, 0.3) is 186 Å². The molecule has 0 saturated heterocycles. The fourth-order valence-corrected chi connectivity index (χ4v) is 21.2. The third kappa shape index (κ3) is 7.80. The van der Waals surface area contributed by atoms with Crippen LogP contribution < -0.4 is 0 Å². The molecule has 4 aliphatic rings. The molecule has 508 valence electrons. The number of hydrogen-bond acceptors (Lipinski definition) is 6. The predicted octanol–water partition coefficient (Wildman–Crippen LogP) is 25.7. The Morgan fingerprint density at radius 2 is 0.609 bits per heavy atom. The maximum Gasteiger partial charge on any atom is 0.248 e. The fraction of sp³-hybridized carbons (Fsp3) is 0.0196. The molecular weight excluding hydrogens is 1360 g/mol. The summed E-state index contributed by atoms with van der Waals surface area (Å²) < 4.78 is 12.4. The Morgan fingerprint density at radius 1 is 0.255 bits per heavy atom. The van der Waals surface area contributed by atoms with E-state index >= 15 is 0 Å². The monoisotopic (exact) mass is 1410 g/mol. The second-order valence-corrected chi connectivity index (χ2v) is 30.7. The summed E-state index contributed by atoms with van der Waals surface area (Å²) in [4.78, 5) is 23.5. The quantitative estimate of drug-likeness (QED) is 0.176.